The van der Waals surface area contributed by atoms with Gasteiger partial charge in [-0.15, -0.1) is 0 Å². The van der Waals surface area contributed by atoms with Crippen LogP contribution in [0.3, 0.4) is 0 Å². The van der Waals surface area contributed by atoms with Crippen LogP contribution in [0.25, 0.3) is 5.82 Å². The highest BCUT2D eigenvalue weighted by atomic mass is 15.3. The van der Waals surface area contributed by atoms with E-state index in [2.05, 4.69) is 27.3 Å². The first-order chi connectivity index (χ1) is 8.75. The van der Waals surface area contributed by atoms with Crippen LogP contribution in [0.15, 0.2) is 18.6 Å². The van der Waals surface area contributed by atoms with Gasteiger partial charge in [0.15, 0.2) is 5.82 Å². The van der Waals surface area contributed by atoms with Crippen molar-refractivity contribution in [3.05, 3.63) is 35.5 Å². The van der Waals surface area contributed by atoms with Gasteiger partial charge in [-0.2, -0.15) is 5.10 Å². The third kappa shape index (κ3) is 2.13. The van der Waals surface area contributed by atoms with Gasteiger partial charge in [-0.3, -0.25) is 4.98 Å². The van der Waals surface area contributed by atoms with Crippen molar-refractivity contribution in [3.63, 3.8) is 0 Å². The fraction of sp³-hybridized carbons (Fsp3) is 0.462. The Labute approximate surface area is 106 Å². The van der Waals surface area contributed by atoms with E-state index >= 15 is 0 Å². The Kier molecular flexibility index (Phi) is 2.83. The molecule has 3 rings (SSSR count). The Hall–Kier alpha value is -1.75. The average molecular weight is 243 g/mol. The molecule has 5 heteroatoms. The molecule has 0 amide bonds. The Morgan fingerprint density at radius 3 is 2.83 bits per heavy atom. The molecular formula is C13H17N5. The predicted molar refractivity (Wildman–Crippen MR) is 68.5 cm³/mol. The van der Waals surface area contributed by atoms with Gasteiger partial charge in [-0.25, -0.2) is 9.67 Å². The zero-order chi connectivity index (χ0) is 12.5. The van der Waals surface area contributed by atoms with Crippen molar-refractivity contribution in [2.45, 2.75) is 39.3 Å². The zero-order valence-electron chi connectivity index (χ0n) is 10.7. The molecule has 0 bridgehead atoms. The normalized spacial score (nSPS) is 15.0. The van der Waals surface area contributed by atoms with Crippen molar-refractivity contribution in [1.29, 1.82) is 0 Å². The van der Waals surface area contributed by atoms with Crippen LogP contribution in [0.2, 0.25) is 0 Å². The number of nitrogens with one attached hydrogen (secondary N) is 1. The summed E-state index contributed by atoms with van der Waals surface area (Å²) in [6.07, 6.45) is 7.70. The van der Waals surface area contributed by atoms with Crippen molar-refractivity contribution in [1.82, 2.24) is 25.1 Å². The van der Waals surface area contributed by atoms with E-state index in [9.17, 15) is 0 Å². The molecule has 2 heterocycles. The summed E-state index contributed by atoms with van der Waals surface area (Å²) in [7, 11) is 0. The van der Waals surface area contributed by atoms with E-state index < -0.39 is 0 Å². The molecule has 18 heavy (non-hydrogen) atoms. The van der Waals surface area contributed by atoms with E-state index in [1.54, 1.807) is 18.6 Å². The van der Waals surface area contributed by atoms with Crippen LogP contribution in [0, 0.1) is 13.8 Å². The Morgan fingerprint density at radius 2 is 2.17 bits per heavy atom. The van der Waals surface area contributed by atoms with Crippen molar-refractivity contribution in [2.75, 3.05) is 0 Å². The van der Waals surface area contributed by atoms with Crippen molar-refractivity contribution >= 4 is 0 Å². The summed E-state index contributed by atoms with van der Waals surface area (Å²) in [4.78, 5) is 8.38. The molecule has 0 unspecified atom stereocenters. The van der Waals surface area contributed by atoms with E-state index in [-0.39, 0.29) is 0 Å². The zero-order valence-corrected chi connectivity index (χ0v) is 10.7. The highest BCUT2D eigenvalue weighted by Crippen LogP contribution is 2.21. The molecule has 0 saturated heterocycles. The Bertz CT molecular complexity index is 542. The van der Waals surface area contributed by atoms with Crippen LogP contribution >= 0.6 is 0 Å². The number of aromatic nitrogens is 4. The standard InChI is InChI=1S/C13H17N5/c1-9-12(7-16-11-3-4-11)10(2)18(17-9)13-8-14-5-6-15-13/h5-6,8,11,16H,3-4,7H2,1-2H3. The van der Waals surface area contributed by atoms with Gasteiger partial charge in [-0.1, -0.05) is 0 Å². The van der Waals surface area contributed by atoms with Gasteiger partial charge in [-0.05, 0) is 26.7 Å². The van der Waals surface area contributed by atoms with Crippen molar-refractivity contribution in [3.8, 4) is 5.82 Å². The molecule has 2 aromatic heterocycles. The lowest BCUT2D eigenvalue weighted by Gasteiger charge is -2.04. The minimum Gasteiger partial charge on any atom is -0.310 e. The first-order valence-electron chi connectivity index (χ1n) is 6.30. The summed E-state index contributed by atoms with van der Waals surface area (Å²) < 4.78 is 1.87. The summed E-state index contributed by atoms with van der Waals surface area (Å²) in [6, 6.07) is 0.712. The fourth-order valence-electron chi connectivity index (χ4n) is 2.09. The maximum absolute atomic E-state index is 4.55. The largest absolute Gasteiger partial charge is 0.310 e. The number of nitrogens with zero attached hydrogens (tertiary/aromatic N) is 4. The van der Waals surface area contributed by atoms with Gasteiger partial charge in [0.1, 0.15) is 0 Å². The van der Waals surface area contributed by atoms with Crippen molar-refractivity contribution in [2.24, 2.45) is 0 Å². The molecule has 2 aromatic rings. The second-order valence-corrected chi connectivity index (χ2v) is 4.78. The molecule has 94 valence electrons. The average Bonchev–Trinajstić information content (AvgIpc) is 3.16. The molecule has 0 atom stereocenters. The van der Waals surface area contributed by atoms with Crippen LogP contribution in [0.5, 0.6) is 0 Å². The minimum absolute atomic E-state index is 0.712. The van der Waals surface area contributed by atoms with E-state index in [1.807, 2.05) is 11.6 Å². The summed E-state index contributed by atoms with van der Waals surface area (Å²) in [5, 5.41) is 8.08. The molecule has 0 spiro atoms. The second kappa shape index (κ2) is 4.49. The van der Waals surface area contributed by atoms with E-state index in [0.717, 1.165) is 23.8 Å². The number of rotatable bonds is 4. The van der Waals surface area contributed by atoms with Crippen LogP contribution < -0.4 is 5.32 Å². The number of hydrogen-bond acceptors (Lipinski definition) is 4. The minimum atomic E-state index is 0.712. The van der Waals surface area contributed by atoms with E-state index in [4.69, 9.17) is 0 Å². The maximum Gasteiger partial charge on any atom is 0.172 e. The quantitative estimate of drug-likeness (QED) is 0.884. The first kappa shape index (κ1) is 11.3. The smallest absolute Gasteiger partial charge is 0.172 e. The van der Waals surface area contributed by atoms with Crippen LogP contribution in [0.1, 0.15) is 29.8 Å². The maximum atomic E-state index is 4.55. The monoisotopic (exact) mass is 243 g/mol. The molecule has 1 aliphatic carbocycles. The topological polar surface area (TPSA) is 55.6 Å². The van der Waals surface area contributed by atoms with E-state index in [1.165, 1.54) is 18.4 Å². The summed E-state index contributed by atoms with van der Waals surface area (Å²) in [6.45, 7) is 5.02. The van der Waals surface area contributed by atoms with Gasteiger partial charge < -0.3 is 5.32 Å². The number of hydrogen-bond donors (Lipinski definition) is 1. The van der Waals surface area contributed by atoms with Gasteiger partial charge in [0.25, 0.3) is 0 Å². The Morgan fingerprint density at radius 1 is 1.33 bits per heavy atom. The summed E-state index contributed by atoms with van der Waals surface area (Å²) in [5.74, 6) is 0.774. The van der Waals surface area contributed by atoms with Crippen LogP contribution in [-0.4, -0.2) is 25.8 Å². The molecule has 5 nitrogen and oxygen atoms in total. The lowest BCUT2D eigenvalue weighted by Crippen LogP contribution is -2.16. The molecule has 1 N–H and O–H groups in total. The van der Waals surface area contributed by atoms with Crippen LogP contribution in [0.4, 0.5) is 0 Å². The molecular weight excluding hydrogens is 226 g/mol. The lowest BCUT2D eigenvalue weighted by atomic mass is 10.2. The highest BCUT2D eigenvalue weighted by molar-refractivity contribution is 5.31. The predicted octanol–water partition coefficient (Wildman–Crippen LogP) is 1.53. The highest BCUT2D eigenvalue weighted by Gasteiger charge is 2.22. The SMILES string of the molecule is Cc1nn(-c2cnccn2)c(C)c1CNC1CC1. The lowest BCUT2D eigenvalue weighted by molar-refractivity contribution is 0.681. The Balaban J connectivity index is 1.89. The third-order valence-corrected chi connectivity index (χ3v) is 3.35. The number of aryl methyl sites for hydroxylation is 1. The van der Waals surface area contributed by atoms with Gasteiger partial charge in [0.2, 0.25) is 0 Å². The fourth-order valence-corrected chi connectivity index (χ4v) is 2.09. The van der Waals surface area contributed by atoms with Gasteiger partial charge in [0, 0.05) is 36.2 Å². The first-order valence-corrected chi connectivity index (χ1v) is 6.30. The molecule has 1 fully saturated rings. The van der Waals surface area contributed by atoms with Crippen molar-refractivity contribution < 1.29 is 0 Å². The van der Waals surface area contributed by atoms with Crippen LogP contribution in [-0.2, 0) is 6.54 Å². The third-order valence-electron chi connectivity index (χ3n) is 3.35. The second-order valence-electron chi connectivity index (χ2n) is 4.78. The summed E-state index contributed by atoms with van der Waals surface area (Å²) in [5.41, 5.74) is 3.47. The molecule has 0 radical (unpaired) electrons. The summed E-state index contributed by atoms with van der Waals surface area (Å²) >= 11 is 0. The van der Waals surface area contributed by atoms with E-state index in [0.29, 0.717) is 6.04 Å². The molecule has 1 aliphatic rings. The van der Waals surface area contributed by atoms with Gasteiger partial charge in [0.05, 0.1) is 11.9 Å². The molecule has 1 saturated carbocycles. The molecule has 0 aromatic carbocycles. The molecule has 0 aliphatic heterocycles. The van der Waals surface area contributed by atoms with Gasteiger partial charge >= 0.3 is 0 Å².